The van der Waals surface area contributed by atoms with E-state index in [-0.39, 0.29) is 23.1 Å². The maximum Gasteiger partial charge on any atom is 0.410 e. The zero-order valence-electron chi connectivity index (χ0n) is 12.8. The van der Waals surface area contributed by atoms with Crippen LogP contribution >= 0.6 is 0 Å². The van der Waals surface area contributed by atoms with Crippen molar-refractivity contribution < 1.29 is 23.0 Å². The third kappa shape index (κ3) is 3.99. The number of nitrogen functional groups attached to an aromatic ring is 1. The molecule has 0 aliphatic carbocycles. The Bertz CT molecular complexity index is 552. The van der Waals surface area contributed by atoms with Gasteiger partial charge in [0.05, 0.1) is 18.7 Å². The number of carbonyl (C=O) groups excluding carboxylic acids is 1. The number of nitrogens with two attached hydrogens (primary N) is 1. The average Bonchev–Trinajstić information content (AvgIpc) is 2.31. The molecule has 0 unspecified atom stereocenters. The summed E-state index contributed by atoms with van der Waals surface area (Å²) < 4.78 is 36.6. The lowest BCUT2D eigenvalue weighted by atomic mass is 10.1. The zero-order valence-corrected chi connectivity index (χ0v) is 12.8. The molecule has 0 aromatic heterocycles. The van der Waals surface area contributed by atoms with Crippen LogP contribution in [0, 0.1) is 0 Å². The van der Waals surface area contributed by atoms with Crippen molar-refractivity contribution in [3.8, 4) is 5.75 Å². The minimum atomic E-state index is -2.67. The van der Waals surface area contributed by atoms with Crippen molar-refractivity contribution in [1.82, 2.24) is 4.90 Å². The molecule has 1 fully saturated rings. The predicted molar refractivity (Wildman–Crippen MR) is 78.0 cm³/mol. The minimum Gasteiger partial charge on any atom is -0.486 e. The zero-order chi connectivity index (χ0) is 16.5. The first-order valence-electron chi connectivity index (χ1n) is 6.98. The maximum absolute atomic E-state index is 13.0. The van der Waals surface area contributed by atoms with E-state index >= 15 is 0 Å². The van der Waals surface area contributed by atoms with Crippen LogP contribution in [0.3, 0.4) is 0 Å². The van der Waals surface area contributed by atoms with Crippen molar-refractivity contribution in [3.63, 3.8) is 0 Å². The van der Waals surface area contributed by atoms with E-state index in [4.69, 9.17) is 15.2 Å². The summed E-state index contributed by atoms with van der Waals surface area (Å²) in [6.07, 6.45) is -3.42. The van der Waals surface area contributed by atoms with Gasteiger partial charge in [-0.15, -0.1) is 0 Å². The fraction of sp³-hybridized carbons (Fsp3) is 0.533. The number of amides is 1. The van der Waals surface area contributed by atoms with Gasteiger partial charge in [-0.05, 0) is 39.0 Å². The first-order chi connectivity index (χ1) is 10.2. The quantitative estimate of drug-likeness (QED) is 0.870. The van der Waals surface area contributed by atoms with Gasteiger partial charge in [-0.25, -0.2) is 13.6 Å². The van der Waals surface area contributed by atoms with Gasteiger partial charge in [0.15, 0.2) is 0 Å². The number of alkyl halides is 2. The summed E-state index contributed by atoms with van der Waals surface area (Å²) >= 11 is 0. The average molecular weight is 314 g/mol. The SMILES string of the molecule is CC(C)(C)OC(=O)N1CC(Oc2ccc(N)cc2C(F)F)C1. The van der Waals surface area contributed by atoms with Crippen molar-refractivity contribution in [2.24, 2.45) is 0 Å². The van der Waals surface area contributed by atoms with Crippen molar-refractivity contribution >= 4 is 11.8 Å². The first kappa shape index (κ1) is 16.3. The normalized spacial score (nSPS) is 15.6. The smallest absolute Gasteiger partial charge is 0.410 e. The molecule has 1 heterocycles. The van der Waals surface area contributed by atoms with Gasteiger partial charge in [0, 0.05) is 5.69 Å². The lowest BCUT2D eigenvalue weighted by molar-refractivity contribution is -0.0230. The molecule has 1 aromatic carbocycles. The largest absolute Gasteiger partial charge is 0.486 e. The molecule has 0 bridgehead atoms. The third-order valence-corrected chi connectivity index (χ3v) is 3.06. The second kappa shape index (κ2) is 5.98. The number of anilines is 1. The van der Waals surface area contributed by atoms with Gasteiger partial charge in [0.2, 0.25) is 0 Å². The number of ether oxygens (including phenoxy) is 2. The topological polar surface area (TPSA) is 64.8 Å². The van der Waals surface area contributed by atoms with Crippen molar-refractivity contribution in [3.05, 3.63) is 23.8 Å². The molecular formula is C15H20F2N2O3. The number of rotatable bonds is 3. The molecule has 7 heteroatoms. The molecule has 1 aliphatic rings. The second-order valence-corrected chi connectivity index (χ2v) is 6.22. The fourth-order valence-electron chi connectivity index (χ4n) is 2.01. The van der Waals surface area contributed by atoms with Crippen LogP contribution in [-0.4, -0.2) is 35.8 Å². The Morgan fingerprint density at radius 1 is 1.36 bits per heavy atom. The summed E-state index contributed by atoms with van der Waals surface area (Å²) in [7, 11) is 0. The van der Waals surface area contributed by atoms with Crippen LogP contribution in [-0.2, 0) is 4.74 Å². The predicted octanol–water partition coefficient (Wildman–Crippen LogP) is 3.20. The lowest BCUT2D eigenvalue weighted by Gasteiger charge is -2.39. The minimum absolute atomic E-state index is 0.0954. The van der Waals surface area contributed by atoms with Gasteiger partial charge >= 0.3 is 6.09 Å². The van der Waals surface area contributed by atoms with E-state index < -0.39 is 18.1 Å². The van der Waals surface area contributed by atoms with Crippen molar-refractivity contribution in [2.75, 3.05) is 18.8 Å². The summed E-state index contributed by atoms with van der Waals surface area (Å²) in [5.74, 6) is 0.0954. The van der Waals surface area contributed by atoms with E-state index in [1.165, 1.54) is 23.1 Å². The Kier molecular flexibility index (Phi) is 4.44. The van der Waals surface area contributed by atoms with Crippen LogP contribution in [0.2, 0.25) is 0 Å². The third-order valence-electron chi connectivity index (χ3n) is 3.06. The Balaban J connectivity index is 1.92. The number of benzene rings is 1. The van der Waals surface area contributed by atoms with Gasteiger partial charge in [0.25, 0.3) is 6.43 Å². The molecule has 0 spiro atoms. The van der Waals surface area contributed by atoms with Crippen molar-refractivity contribution in [1.29, 1.82) is 0 Å². The molecule has 22 heavy (non-hydrogen) atoms. The highest BCUT2D eigenvalue weighted by molar-refractivity contribution is 5.69. The first-order valence-corrected chi connectivity index (χ1v) is 6.98. The molecule has 0 saturated carbocycles. The Hall–Kier alpha value is -2.05. The molecule has 2 N–H and O–H groups in total. The molecule has 1 aromatic rings. The van der Waals surface area contributed by atoms with Crippen molar-refractivity contribution in [2.45, 2.75) is 38.9 Å². The summed E-state index contributed by atoms with van der Waals surface area (Å²) in [6, 6.07) is 4.13. The van der Waals surface area contributed by atoms with Crippen LogP contribution in [0.25, 0.3) is 0 Å². The van der Waals surface area contributed by atoms with Gasteiger partial charge in [-0.2, -0.15) is 0 Å². The van der Waals surface area contributed by atoms with Crippen LogP contribution in [0.15, 0.2) is 18.2 Å². The summed E-state index contributed by atoms with van der Waals surface area (Å²) in [5, 5.41) is 0. The molecule has 122 valence electrons. The highest BCUT2D eigenvalue weighted by atomic mass is 19.3. The Morgan fingerprint density at radius 3 is 2.55 bits per heavy atom. The van der Waals surface area contributed by atoms with Gasteiger partial charge < -0.3 is 20.1 Å². The fourth-order valence-corrected chi connectivity index (χ4v) is 2.01. The van der Waals surface area contributed by atoms with E-state index in [9.17, 15) is 13.6 Å². The number of hydrogen-bond acceptors (Lipinski definition) is 4. The molecule has 5 nitrogen and oxygen atoms in total. The van der Waals surface area contributed by atoms with E-state index in [1.54, 1.807) is 20.8 Å². The molecule has 2 rings (SSSR count). The monoisotopic (exact) mass is 314 g/mol. The summed E-state index contributed by atoms with van der Waals surface area (Å²) in [5.41, 5.74) is 4.95. The second-order valence-electron chi connectivity index (χ2n) is 6.22. The number of likely N-dealkylation sites (tertiary alicyclic amines) is 1. The molecule has 1 saturated heterocycles. The molecule has 0 atom stereocenters. The van der Waals surface area contributed by atoms with E-state index in [0.717, 1.165) is 0 Å². The van der Waals surface area contributed by atoms with E-state index in [2.05, 4.69) is 0 Å². The van der Waals surface area contributed by atoms with Crippen LogP contribution < -0.4 is 10.5 Å². The Morgan fingerprint density at radius 2 is 2.00 bits per heavy atom. The number of hydrogen-bond donors (Lipinski definition) is 1. The number of halogens is 2. The number of nitrogens with zero attached hydrogens (tertiary/aromatic N) is 1. The molecule has 0 radical (unpaired) electrons. The van der Waals surface area contributed by atoms with Crippen LogP contribution in [0.1, 0.15) is 32.8 Å². The van der Waals surface area contributed by atoms with Gasteiger partial charge in [0.1, 0.15) is 17.5 Å². The molecular weight excluding hydrogens is 294 g/mol. The van der Waals surface area contributed by atoms with E-state index in [0.29, 0.717) is 13.1 Å². The Labute approximate surface area is 128 Å². The maximum atomic E-state index is 13.0. The highest BCUT2D eigenvalue weighted by Crippen LogP contribution is 2.32. The highest BCUT2D eigenvalue weighted by Gasteiger charge is 2.35. The standard InChI is InChI=1S/C15H20F2N2O3/c1-15(2,3)22-14(20)19-7-10(8-19)21-12-5-4-9(18)6-11(12)13(16)17/h4-6,10,13H,7-8,18H2,1-3H3. The van der Waals surface area contributed by atoms with E-state index in [1.807, 2.05) is 0 Å². The summed E-state index contributed by atoms with van der Waals surface area (Å²) in [4.78, 5) is 13.2. The van der Waals surface area contributed by atoms with Crippen LogP contribution in [0.5, 0.6) is 5.75 Å². The van der Waals surface area contributed by atoms with Gasteiger partial charge in [-0.3, -0.25) is 0 Å². The molecule has 1 aliphatic heterocycles. The molecule has 1 amide bonds. The summed E-state index contributed by atoms with van der Waals surface area (Å²) in [6.45, 7) is 5.95. The lowest BCUT2D eigenvalue weighted by Crippen LogP contribution is -2.57. The van der Waals surface area contributed by atoms with Gasteiger partial charge in [-0.1, -0.05) is 0 Å². The van der Waals surface area contributed by atoms with Crippen LogP contribution in [0.4, 0.5) is 19.3 Å². The number of carbonyl (C=O) groups is 1.